The van der Waals surface area contributed by atoms with Gasteiger partial charge in [-0.25, -0.2) is 0 Å². The van der Waals surface area contributed by atoms with Crippen LogP contribution in [0.1, 0.15) is 89.6 Å². The van der Waals surface area contributed by atoms with Crippen molar-refractivity contribution in [3.8, 4) is 11.1 Å². The maximum atomic E-state index is 6.77. The van der Waals surface area contributed by atoms with Crippen molar-refractivity contribution in [1.29, 1.82) is 0 Å². The fourth-order valence-electron chi connectivity index (χ4n) is 5.69. The summed E-state index contributed by atoms with van der Waals surface area (Å²) in [5.41, 5.74) is 12.5. The fraction of sp³-hybridized carbons (Fsp3) is 0.314. The summed E-state index contributed by atoms with van der Waals surface area (Å²) >= 11 is 13.2. The summed E-state index contributed by atoms with van der Waals surface area (Å²) in [7, 11) is 0. The van der Waals surface area contributed by atoms with Crippen LogP contribution in [0.3, 0.4) is 0 Å². The predicted molar refractivity (Wildman–Crippen MR) is 163 cm³/mol. The maximum absolute atomic E-state index is 6.77. The Balaban J connectivity index is 1.94. The summed E-state index contributed by atoms with van der Waals surface area (Å²) in [6, 6.07) is 15.2. The molecule has 2 aliphatic carbocycles. The predicted octanol–water partition coefficient (Wildman–Crippen LogP) is 9.34. The van der Waals surface area contributed by atoms with Gasteiger partial charge in [-0.05, 0) is 110 Å². The van der Waals surface area contributed by atoms with Crippen molar-refractivity contribution in [3.63, 3.8) is 0 Å². The van der Waals surface area contributed by atoms with E-state index in [1.165, 1.54) is 55.0 Å². The molecule has 0 aromatic heterocycles. The second-order valence-electron chi connectivity index (χ2n) is 12.6. The SMILES string of the molecule is CC(C)=c1cc2c(c(C3=C(c4cccc(Cl)c4Cl)C=CC3)c1C(C)(C)C)=[C]c1cc(C(C)(C)C)ccc1-2. The third-order valence-corrected chi connectivity index (χ3v) is 8.35. The van der Waals surface area contributed by atoms with Gasteiger partial charge in [0.2, 0.25) is 0 Å². The van der Waals surface area contributed by atoms with Crippen LogP contribution in [0.15, 0.2) is 54.6 Å². The smallest absolute Gasteiger partial charge is 0.0670 e. The van der Waals surface area contributed by atoms with E-state index in [0.717, 1.165) is 17.6 Å². The average molecular weight is 527 g/mol. The largest absolute Gasteiger partial charge is 0.0827 e. The van der Waals surface area contributed by atoms with Gasteiger partial charge in [0.25, 0.3) is 0 Å². The summed E-state index contributed by atoms with van der Waals surface area (Å²) < 4.78 is 0. The molecular weight excluding hydrogens is 491 g/mol. The van der Waals surface area contributed by atoms with Gasteiger partial charge >= 0.3 is 0 Å². The highest BCUT2D eigenvalue weighted by molar-refractivity contribution is 6.43. The third-order valence-electron chi connectivity index (χ3n) is 7.53. The number of rotatable bonds is 2. The van der Waals surface area contributed by atoms with Crippen LogP contribution >= 0.6 is 23.2 Å². The van der Waals surface area contributed by atoms with E-state index in [1.54, 1.807) is 0 Å². The number of hydrogen-bond donors (Lipinski definition) is 0. The van der Waals surface area contributed by atoms with Crippen LogP contribution in [0.25, 0.3) is 33.9 Å². The summed E-state index contributed by atoms with van der Waals surface area (Å²) in [6.07, 6.45) is 9.19. The molecule has 0 amide bonds. The molecule has 1 radical (unpaired) electrons. The molecule has 0 unspecified atom stereocenters. The molecule has 3 aromatic carbocycles. The molecule has 2 heteroatoms. The van der Waals surface area contributed by atoms with E-state index < -0.39 is 0 Å². The topological polar surface area (TPSA) is 0 Å². The van der Waals surface area contributed by atoms with Gasteiger partial charge in [-0.3, -0.25) is 0 Å². The van der Waals surface area contributed by atoms with Gasteiger partial charge in [0.05, 0.1) is 10.0 Å². The monoisotopic (exact) mass is 525 g/mol. The number of benzene rings is 3. The zero-order valence-electron chi connectivity index (χ0n) is 23.2. The van der Waals surface area contributed by atoms with Crippen LogP contribution in [0.2, 0.25) is 10.0 Å². The first kappa shape index (κ1) is 26.1. The number of hydrogen-bond acceptors (Lipinski definition) is 0. The molecule has 189 valence electrons. The highest BCUT2D eigenvalue weighted by Gasteiger charge is 2.30. The summed E-state index contributed by atoms with van der Waals surface area (Å²) in [5, 5.41) is 3.72. The van der Waals surface area contributed by atoms with Gasteiger partial charge in [-0.2, -0.15) is 0 Å². The van der Waals surface area contributed by atoms with Crippen molar-refractivity contribution in [2.75, 3.05) is 0 Å². The first-order valence-electron chi connectivity index (χ1n) is 13.1. The molecule has 0 heterocycles. The second-order valence-corrected chi connectivity index (χ2v) is 13.4. The molecule has 0 nitrogen and oxygen atoms in total. The lowest BCUT2D eigenvalue weighted by Crippen LogP contribution is -2.31. The molecule has 0 N–H and O–H groups in total. The molecular formula is C35H35Cl2. The van der Waals surface area contributed by atoms with Crippen LogP contribution < -0.4 is 10.4 Å². The Bertz CT molecular complexity index is 1630. The maximum Gasteiger partial charge on any atom is 0.0670 e. The van der Waals surface area contributed by atoms with Gasteiger partial charge in [-0.1, -0.05) is 107 Å². The molecule has 0 aliphatic heterocycles. The van der Waals surface area contributed by atoms with E-state index in [2.05, 4.69) is 104 Å². The Morgan fingerprint density at radius 1 is 0.838 bits per heavy atom. The van der Waals surface area contributed by atoms with Gasteiger partial charge in [0.15, 0.2) is 0 Å². The molecule has 0 bridgehead atoms. The zero-order chi connectivity index (χ0) is 26.9. The van der Waals surface area contributed by atoms with Crippen molar-refractivity contribution in [1.82, 2.24) is 0 Å². The van der Waals surface area contributed by atoms with Crippen molar-refractivity contribution in [2.24, 2.45) is 0 Å². The van der Waals surface area contributed by atoms with Crippen LogP contribution in [0.5, 0.6) is 0 Å². The minimum Gasteiger partial charge on any atom is -0.0827 e. The highest BCUT2D eigenvalue weighted by atomic mass is 35.5. The number of fused-ring (bicyclic) bond motifs is 3. The van der Waals surface area contributed by atoms with E-state index in [9.17, 15) is 0 Å². The Morgan fingerprint density at radius 2 is 1.57 bits per heavy atom. The Kier molecular flexibility index (Phi) is 6.37. The van der Waals surface area contributed by atoms with Gasteiger partial charge in [0.1, 0.15) is 0 Å². The lowest BCUT2D eigenvalue weighted by atomic mass is 9.76. The lowest BCUT2D eigenvalue weighted by Gasteiger charge is -2.27. The molecule has 0 saturated carbocycles. The third kappa shape index (κ3) is 4.43. The number of allylic oxidation sites excluding steroid dienone is 4. The van der Waals surface area contributed by atoms with E-state index in [0.29, 0.717) is 10.0 Å². The van der Waals surface area contributed by atoms with E-state index in [-0.39, 0.29) is 10.8 Å². The molecule has 5 rings (SSSR count). The first-order valence-corrected chi connectivity index (χ1v) is 13.8. The van der Waals surface area contributed by atoms with Gasteiger partial charge in [-0.15, -0.1) is 0 Å². The first-order chi connectivity index (χ1) is 17.3. The zero-order valence-corrected chi connectivity index (χ0v) is 24.7. The molecule has 0 atom stereocenters. The fourth-order valence-corrected chi connectivity index (χ4v) is 6.09. The normalized spacial score (nSPS) is 14.6. The van der Waals surface area contributed by atoms with Gasteiger partial charge in [0, 0.05) is 5.56 Å². The van der Waals surface area contributed by atoms with Crippen molar-refractivity contribution >= 4 is 46.0 Å². The van der Waals surface area contributed by atoms with Crippen molar-refractivity contribution in [2.45, 2.75) is 72.6 Å². The Morgan fingerprint density at radius 3 is 2.22 bits per heavy atom. The molecule has 0 saturated heterocycles. The minimum atomic E-state index is -0.0666. The van der Waals surface area contributed by atoms with Crippen molar-refractivity contribution < 1.29 is 0 Å². The highest BCUT2D eigenvalue weighted by Crippen LogP contribution is 2.43. The molecule has 2 aliphatic rings. The van der Waals surface area contributed by atoms with Crippen LogP contribution in [0, 0.1) is 0 Å². The average Bonchev–Trinajstić information content (AvgIpc) is 3.42. The van der Waals surface area contributed by atoms with E-state index >= 15 is 0 Å². The van der Waals surface area contributed by atoms with E-state index in [4.69, 9.17) is 23.2 Å². The quantitative estimate of drug-likeness (QED) is 0.244. The summed E-state index contributed by atoms with van der Waals surface area (Å²) in [5.74, 6) is 0. The molecule has 0 fully saturated rings. The second kappa shape index (κ2) is 9.04. The van der Waals surface area contributed by atoms with Gasteiger partial charge < -0.3 is 0 Å². The standard InChI is InChI=1S/C35H35Cl2/c1-20(2)27-19-28-23-16-15-22(34(3,4)5)17-21(23)18-29(28)31(32(27)35(6,7)8)25-12-9-11-24(25)26-13-10-14-30(36)33(26)37/h9-11,13-17,19H,12H2,1-8H3. The molecule has 0 spiro atoms. The summed E-state index contributed by atoms with van der Waals surface area (Å²) in [6.45, 7) is 18.2. The van der Waals surface area contributed by atoms with Crippen LogP contribution in [-0.4, -0.2) is 0 Å². The Hall–Kier alpha value is -2.54. The lowest BCUT2D eigenvalue weighted by molar-refractivity contribution is 0.583. The van der Waals surface area contributed by atoms with Crippen LogP contribution in [0.4, 0.5) is 0 Å². The van der Waals surface area contributed by atoms with E-state index in [1.807, 2.05) is 12.1 Å². The molecule has 3 aromatic rings. The van der Waals surface area contributed by atoms with Crippen LogP contribution in [-0.2, 0) is 10.8 Å². The summed E-state index contributed by atoms with van der Waals surface area (Å²) in [4.78, 5) is 0. The number of halogens is 2. The van der Waals surface area contributed by atoms with Crippen molar-refractivity contribution in [3.05, 3.63) is 103 Å². The Labute approximate surface area is 232 Å². The minimum absolute atomic E-state index is 0.0666. The molecule has 37 heavy (non-hydrogen) atoms.